The Morgan fingerprint density at radius 1 is 1.25 bits per heavy atom. The van der Waals surface area contributed by atoms with Crippen molar-refractivity contribution in [3.05, 3.63) is 18.2 Å². The van der Waals surface area contributed by atoms with E-state index in [1.54, 1.807) is 0 Å². The van der Waals surface area contributed by atoms with Gasteiger partial charge >= 0.3 is 35.5 Å². The molecular weight excluding hydrogens is 321 g/mol. The first kappa shape index (κ1) is 25.4. The fourth-order valence-electron chi connectivity index (χ4n) is 1.95. The fourth-order valence-corrected chi connectivity index (χ4v) is 1.95. The average Bonchev–Trinajstić information content (AvgIpc) is 2.99. The number of imidazole rings is 1. The van der Waals surface area contributed by atoms with Crippen molar-refractivity contribution in [3.63, 3.8) is 0 Å². The summed E-state index contributed by atoms with van der Waals surface area (Å²) in [6, 6.07) is -0.963. The fraction of sp³-hybridized carbons (Fsp3) is 0.688. The Morgan fingerprint density at radius 3 is 2.29 bits per heavy atom. The second-order valence-corrected chi connectivity index (χ2v) is 5.47. The number of nitrogens with one attached hydrogen (secondary N) is 1. The molecule has 0 saturated heterocycles. The van der Waals surface area contributed by atoms with Crippen molar-refractivity contribution in [3.8, 4) is 0 Å². The van der Waals surface area contributed by atoms with Crippen molar-refractivity contribution in [2.45, 2.75) is 70.8 Å². The van der Waals surface area contributed by atoms with Crippen LogP contribution >= 0.6 is 0 Å². The van der Waals surface area contributed by atoms with Crippen LogP contribution in [-0.2, 0) is 16.0 Å². The van der Waals surface area contributed by atoms with Gasteiger partial charge in [-0.05, 0) is 6.42 Å². The molecule has 8 heteroatoms. The van der Waals surface area contributed by atoms with Gasteiger partial charge in [-0.1, -0.05) is 45.4 Å². The molecule has 0 amide bonds. The van der Waals surface area contributed by atoms with Crippen LogP contribution in [0.15, 0.2) is 12.5 Å². The Kier molecular flexibility index (Phi) is 17.9. The van der Waals surface area contributed by atoms with Gasteiger partial charge in [0, 0.05) is 30.8 Å². The molecule has 0 aliphatic heterocycles. The third kappa shape index (κ3) is 16.0. The predicted octanol–water partition coefficient (Wildman–Crippen LogP) is -1.75. The largest absolute Gasteiger partial charge is 1.00 e. The second-order valence-electron chi connectivity index (χ2n) is 5.47. The molecule has 1 unspecified atom stereocenters. The summed E-state index contributed by atoms with van der Waals surface area (Å²) in [5, 5.41) is 18.5. The average molecular weight is 349 g/mol. The first-order valence-electron chi connectivity index (χ1n) is 8.12. The third-order valence-corrected chi connectivity index (χ3v) is 3.29. The number of aromatic amines is 1. The summed E-state index contributed by atoms with van der Waals surface area (Å²) in [6.07, 6.45) is 11.9. The molecule has 0 radical (unpaired) electrons. The van der Waals surface area contributed by atoms with E-state index >= 15 is 0 Å². The smallest absolute Gasteiger partial charge is 0.548 e. The zero-order valence-corrected chi connectivity index (χ0v) is 16.8. The Hall–Kier alpha value is -0.890. The van der Waals surface area contributed by atoms with Crippen molar-refractivity contribution in [1.29, 1.82) is 0 Å². The maximum absolute atomic E-state index is 10.2. The number of aliphatic carboxylic acids is 2. The summed E-state index contributed by atoms with van der Waals surface area (Å²) in [5.74, 6) is -1.91. The van der Waals surface area contributed by atoms with Crippen LogP contribution in [0.1, 0.15) is 64.0 Å². The summed E-state index contributed by atoms with van der Waals surface area (Å²) < 4.78 is 0. The number of carboxylic acid groups (broad SMARTS) is 2. The van der Waals surface area contributed by atoms with E-state index in [1.807, 2.05) is 0 Å². The number of nitrogens with zero attached hydrogens (tertiary/aromatic N) is 1. The number of carbonyl (C=O) groups excluding carboxylic acids is 1. The van der Waals surface area contributed by atoms with Gasteiger partial charge in [-0.15, -0.1) is 0 Å². The molecule has 1 heterocycles. The Labute approximate surface area is 165 Å². The molecule has 7 nitrogen and oxygen atoms in total. The van der Waals surface area contributed by atoms with Crippen LogP contribution in [0, 0.1) is 0 Å². The molecule has 0 spiro atoms. The molecule has 1 aromatic heterocycles. The van der Waals surface area contributed by atoms with Gasteiger partial charge in [0.1, 0.15) is 0 Å². The van der Waals surface area contributed by atoms with Crippen LogP contribution in [0.3, 0.4) is 0 Å². The number of aromatic nitrogens is 2. The zero-order chi connectivity index (χ0) is 17.5. The monoisotopic (exact) mass is 349 g/mol. The molecule has 0 aromatic carbocycles. The number of hydrogen-bond donors (Lipinski definition) is 3. The number of rotatable bonds is 11. The number of carboxylic acids is 2. The molecule has 24 heavy (non-hydrogen) atoms. The summed E-state index contributed by atoms with van der Waals surface area (Å²) in [4.78, 5) is 26.7. The normalized spacial score (nSPS) is 10.9. The number of carbonyl (C=O) groups is 2. The van der Waals surface area contributed by atoms with Gasteiger partial charge in [-0.2, -0.15) is 0 Å². The molecule has 0 aliphatic carbocycles. The first-order chi connectivity index (χ1) is 11.0. The third-order valence-electron chi connectivity index (χ3n) is 3.29. The van der Waals surface area contributed by atoms with Crippen molar-refractivity contribution < 1.29 is 49.4 Å². The molecule has 0 saturated carbocycles. The van der Waals surface area contributed by atoms with E-state index in [-0.39, 0.29) is 36.0 Å². The van der Waals surface area contributed by atoms with E-state index in [4.69, 9.17) is 10.8 Å². The minimum absolute atomic E-state index is 0. The van der Waals surface area contributed by atoms with E-state index < -0.39 is 18.0 Å². The summed E-state index contributed by atoms with van der Waals surface area (Å²) >= 11 is 0. The van der Waals surface area contributed by atoms with Crippen molar-refractivity contribution in [2.75, 3.05) is 0 Å². The quantitative estimate of drug-likeness (QED) is 0.320. The molecule has 0 bridgehead atoms. The van der Waals surface area contributed by atoms with E-state index in [2.05, 4.69) is 16.9 Å². The van der Waals surface area contributed by atoms with E-state index in [0.717, 1.165) is 12.8 Å². The number of H-pyrrole nitrogens is 1. The topological polar surface area (TPSA) is 132 Å². The van der Waals surface area contributed by atoms with Gasteiger partial charge in [-0.25, -0.2) is 4.98 Å². The van der Waals surface area contributed by atoms with Crippen LogP contribution in [-0.4, -0.2) is 33.1 Å². The van der Waals surface area contributed by atoms with Crippen LogP contribution in [0.4, 0.5) is 0 Å². The second kappa shape index (κ2) is 17.0. The summed E-state index contributed by atoms with van der Waals surface area (Å²) in [6.45, 7) is 2.20. The van der Waals surface area contributed by atoms with E-state index in [0.29, 0.717) is 12.1 Å². The van der Waals surface area contributed by atoms with Crippen molar-refractivity contribution in [1.82, 2.24) is 9.97 Å². The molecule has 132 valence electrons. The summed E-state index contributed by atoms with van der Waals surface area (Å²) in [5.41, 5.74) is 5.89. The standard InChI is InChI=1S/C10H20O2.C6H9N3O2.Na/c1-2-3-4-5-6-7-8-9-10(11)12;7-5(6(10)11)1-4-2-8-3-9-4;/h2-9H2,1H3,(H,11,12);2-3,5H,1,7H2,(H,8,9)(H,10,11);/q;;+1/p-1. The minimum atomic E-state index is -1.25. The minimum Gasteiger partial charge on any atom is -0.548 e. The van der Waals surface area contributed by atoms with Gasteiger partial charge in [0.05, 0.1) is 12.3 Å². The Balaban J connectivity index is 0. The van der Waals surface area contributed by atoms with E-state index in [9.17, 15) is 14.7 Å². The van der Waals surface area contributed by atoms with Gasteiger partial charge in [0.2, 0.25) is 0 Å². The zero-order valence-electron chi connectivity index (χ0n) is 14.8. The van der Waals surface area contributed by atoms with Crippen LogP contribution in [0.5, 0.6) is 0 Å². The molecule has 0 aliphatic rings. The van der Waals surface area contributed by atoms with E-state index in [1.165, 1.54) is 44.6 Å². The van der Waals surface area contributed by atoms with Crippen molar-refractivity contribution in [2.24, 2.45) is 5.73 Å². The van der Waals surface area contributed by atoms with Gasteiger partial charge in [0.15, 0.2) is 0 Å². The van der Waals surface area contributed by atoms with Gasteiger partial charge < -0.3 is 25.7 Å². The van der Waals surface area contributed by atoms with Crippen LogP contribution in [0.2, 0.25) is 0 Å². The molecule has 1 atom stereocenters. The summed E-state index contributed by atoms with van der Waals surface area (Å²) in [7, 11) is 0. The Bertz CT molecular complexity index is 427. The van der Waals surface area contributed by atoms with Crippen LogP contribution in [0.25, 0.3) is 0 Å². The molecule has 1 rings (SSSR count). The maximum atomic E-state index is 10.2. The van der Waals surface area contributed by atoms with Gasteiger partial charge in [-0.3, -0.25) is 4.79 Å². The number of unbranched alkanes of at least 4 members (excludes halogenated alkanes) is 6. The van der Waals surface area contributed by atoms with Crippen LogP contribution < -0.4 is 40.4 Å². The molecule has 0 fully saturated rings. The maximum Gasteiger partial charge on any atom is 1.00 e. The number of hydrogen-bond acceptors (Lipinski definition) is 5. The first-order valence-corrected chi connectivity index (χ1v) is 8.12. The SMILES string of the molecule is CCCCCCCCCC(=O)O.NC(Cc1cnc[nH]1)C(=O)[O-].[Na+]. The molecular formula is C16H28N3NaO4. The van der Waals surface area contributed by atoms with Crippen molar-refractivity contribution >= 4 is 11.9 Å². The van der Waals surface area contributed by atoms with Gasteiger partial charge in [0.25, 0.3) is 0 Å². The number of nitrogens with two attached hydrogens (primary N) is 1. The predicted molar refractivity (Wildman–Crippen MR) is 85.5 cm³/mol. The Morgan fingerprint density at radius 2 is 1.83 bits per heavy atom. The molecule has 4 N–H and O–H groups in total. The molecule has 1 aromatic rings.